The number of pyridine rings is 1. The third-order valence-corrected chi connectivity index (χ3v) is 7.32. The number of hydrogen-bond acceptors (Lipinski definition) is 4. The Hall–Kier alpha value is -3.06. The Kier molecular flexibility index (Phi) is 5.76. The first-order chi connectivity index (χ1) is 16.2. The molecule has 3 heterocycles. The van der Waals surface area contributed by atoms with Crippen LogP contribution in [0.5, 0.6) is 0 Å². The van der Waals surface area contributed by atoms with Crippen molar-refractivity contribution in [3.8, 4) is 0 Å². The third kappa shape index (κ3) is 4.02. The van der Waals surface area contributed by atoms with E-state index in [9.17, 15) is 18.8 Å². The summed E-state index contributed by atoms with van der Waals surface area (Å²) in [5.41, 5.74) is 2.46. The first kappa shape index (κ1) is 22.7. The minimum Gasteiger partial charge on any atom is -0.336 e. The van der Waals surface area contributed by atoms with Gasteiger partial charge in [0.05, 0.1) is 22.8 Å². The Morgan fingerprint density at radius 3 is 2.79 bits per heavy atom. The third-order valence-electron chi connectivity index (χ3n) is 7.03. The number of aryl methyl sites for hydroxylation is 2. The highest BCUT2D eigenvalue weighted by Crippen LogP contribution is 2.48. The van der Waals surface area contributed by atoms with Gasteiger partial charge in [0.2, 0.25) is 5.91 Å². The molecule has 3 aromatic rings. The second-order valence-electron chi connectivity index (χ2n) is 9.36. The number of rotatable bonds is 7. The van der Waals surface area contributed by atoms with E-state index in [1.165, 1.54) is 13.0 Å². The van der Waals surface area contributed by atoms with Crippen LogP contribution >= 0.6 is 11.6 Å². The molecule has 2 aliphatic rings. The summed E-state index contributed by atoms with van der Waals surface area (Å²) < 4.78 is 16.0. The van der Waals surface area contributed by atoms with E-state index in [0.29, 0.717) is 23.5 Å². The number of likely N-dealkylation sites (tertiary alicyclic amines) is 1. The minimum absolute atomic E-state index is 0.0322. The van der Waals surface area contributed by atoms with Gasteiger partial charge in [0.15, 0.2) is 11.6 Å². The Morgan fingerprint density at radius 1 is 1.24 bits per heavy atom. The number of ketones is 2. The van der Waals surface area contributed by atoms with Crippen molar-refractivity contribution in [1.29, 1.82) is 0 Å². The second-order valence-corrected chi connectivity index (χ2v) is 9.77. The number of Topliss-reactive ketones (excluding diaryl/α,β-unsaturated/α-hetero) is 2. The lowest BCUT2D eigenvalue weighted by Crippen LogP contribution is -2.44. The maximum absolute atomic E-state index is 14.2. The van der Waals surface area contributed by atoms with Crippen LogP contribution in [0.2, 0.25) is 5.02 Å². The summed E-state index contributed by atoms with van der Waals surface area (Å²) in [7, 11) is 0. The molecule has 0 spiro atoms. The zero-order valence-electron chi connectivity index (χ0n) is 19.1. The maximum Gasteiger partial charge on any atom is 0.243 e. The maximum atomic E-state index is 14.2. The zero-order valence-corrected chi connectivity index (χ0v) is 19.8. The molecule has 1 aromatic carbocycles. The lowest BCUT2D eigenvalue weighted by atomic mass is 10.00. The van der Waals surface area contributed by atoms with Gasteiger partial charge in [-0.2, -0.15) is 0 Å². The molecule has 0 N–H and O–H groups in total. The van der Waals surface area contributed by atoms with Crippen LogP contribution in [0.1, 0.15) is 47.8 Å². The van der Waals surface area contributed by atoms with Gasteiger partial charge in [-0.25, -0.2) is 4.39 Å². The van der Waals surface area contributed by atoms with Crippen molar-refractivity contribution in [1.82, 2.24) is 14.5 Å². The molecule has 0 unspecified atom stereocenters. The fraction of sp³-hybridized carbons (Fsp3) is 0.385. The number of amides is 1. The normalized spacial score (nSPS) is 21.1. The number of nitrogens with zero attached hydrogens (tertiary/aromatic N) is 3. The summed E-state index contributed by atoms with van der Waals surface area (Å²) in [4.78, 5) is 44.7. The average molecular weight is 482 g/mol. The molecule has 0 radical (unpaired) electrons. The van der Waals surface area contributed by atoms with Crippen LogP contribution in [-0.2, 0) is 22.6 Å². The van der Waals surface area contributed by atoms with Gasteiger partial charge in [-0.3, -0.25) is 19.4 Å². The summed E-state index contributed by atoms with van der Waals surface area (Å²) in [6, 6.07) is 6.21. The predicted molar refractivity (Wildman–Crippen MR) is 126 cm³/mol. The number of fused-ring (bicyclic) bond motifs is 2. The van der Waals surface area contributed by atoms with Gasteiger partial charge in [0.25, 0.3) is 0 Å². The minimum atomic E-state index is -0.497. The smallest absolute Gasteiger partial charge is 0.243 e. The molecule has 1 saturated heterocycles. The summed E-state index contributed by atoms with van der Waals surface area (Å²) in [5.74, 6) is -0.432. The van der Waals surface area contributed by atoms with Crippen molar-refractivity contribution in [2.45, 2.75) is 58.2 Å². The van der Waals surface area contributed by atoms with Gasteiger partial charge < -0.3 is 9.47 Å². The van der Waals surface area contributed by atoms with Crippen LogP contribution < -0.4 is 0 Å². The Labute approximate surface area is 201 Å². The average Bonchev–Trinajstić information content (AvgIpc) is 3.31. The molecule has 2 fully saturated rings. The fourth-order valence-corrected chi connectivity index (χ4v) is 5.39. The highest BCUT2D eigenvalue weighted by atomic mass is 35.5. The van der Waals surface area contributed by atoms with E-state index in [1.807, 2.05) is 13.0 Å². The van der Waals surface area contributed by atoms with Crippen molar-refractivity contribution in [2.24, 2.45) is 5.92 Å². The van der Waals surface area contributed by atoms with E-state index < -0.39 is 11.9 Å². The predicted octanol–water partition coefficient (Wildman–Crippen LogP) is 4.53. The molecule has 1 aliphatic carbocycles. The molecule has 3 atom stereocenters. The molecule has 34 heavy (non-hydrogen) atoms. The molecule has 1 aliphatic heterocycles. The largest absolute Gasteiger partial charge is 0.336 e. The van der Waals surface area contributed by atoms with Gasteiger partial charge in [-0.15, -0.1) is 0 Å². The number of carbonyl (C=O) groups excluding carboxylic acids is 3. The Bertz CT molecular complexity index is 1330. The number of benzene rings is 1. The molecule has 1 saturated carbocycles. The molecule has 5 rings (SSSR count). The van der Waals surface area contributed by atoms with Crippen molar-refractivity contribution in [2.75, 3.05) is 0 Å². The van der Waals surface area contributed by atoms with Crippen LogP contribution in [0.25, 0.3) is 10.9 Å². The lowest BCUT2D eigenvalue weighted by Gasteiger charge is -2.27. The van der Waals surface area contributed by atoms with Gasteiger partial charge >= 0.3 is 0 Å². The first-order valence-corrected chi connectivity index (χ1v) is 11.9. The van der Waals surface area contributed by atoms with Crippen LogP contribution in [0.4, 0.5) is 4.39 Å². The molecular formula is C26H25ClFN3O3. The van der Waals surface area contributed by atoms with Crippen LogP contribution in [0, 0.1) is 18.7 Å². The molecular weight excluding hydrogens is 457 g/mol. The summed E-state index contributed by atoms with van der Waals surface area (Å²) >= 11 is 5.85. The van der Waals surface area contributed by atoms with E-state index in [-0.39, 0.29) is 47.9 Å². The molecule has 0 bridgehead atoms. The van der Waals surface area contributed by atoms with Crippen LogP contribution in [-0.4, -0.2) is 44.0 Å². The standard InChI is InChI=1S/C26H25ClFN3O3/c1-14-8-18-19(15(2)32)12-30(23(18)11-29-14)13-25(34)31-21-9-17(21)10-22(31)24(33)7-6-16-4-3-5-20(27)26(16)28/h3-5,8,11-12,17,21-22H,6-7,9-10,13H2,1-2H3/t17-,21-,22+/m1/s1. The van der Waals surface area contributed by atoms with E-state index in [0.717, 1.165) is 23.0 Å². The highest BCUT2D eigenvalue weighted by Gasteiger charge is 2.55. The highest BCUT2D eigenvalue weighted by molar-refractivity contribution is 6.30. The molecule has 8 heteroatoms. The number of halogens is 2. The van der Waals surface area contributed by atoms with Crippen LogP contribution in [0.15, 0.2) is 36.7 Å². The summed E-state index contributed by atoms with van der Waals surface area (Å²) in [6.45, 7) is 3.39. The van der Waals surface area contributed by atoms with E-state index in [4.69, 9.17) is 11.6 Å². The van der Waals surface area contributed by atoms with Gasteiger partial charge in [-0.1, -0.05) is 23.7 Å². The van der Waals surface area contributed by atoms with Gasteiger partial charge in [-0.05, 0) is 56.7 Å². The SMILES string of the molecule is CC(=O)c1cn(CC(=O)N2[C@@H]3C[C@@H]3C[C@H]2C(=O)CCc2cccc(Cl)c2F)c2cnc(C)cc12. The number of hydrogen-bond donors (Lipinski definition) is 0. The van der Waals surface area contributed by atoms with Gasteiger partial charge in [0.1, 0.15) is 12.4 Å². The monoisotopic (exact) mass is 481 g/mol. The second kappa shape index (κ2) is 8.62. The molecule has 1 amide bonds. The number of piperidine rings is 1. The Balaban J connectivity index is 1.34. The molecule has 6 nitrogen and oxygen atoms in total. The first-order valence-electron chi connectivity index (χ1n) is 11.5. The van der Waals surface area contributed by atoms with Crippen molar-refractivity contribution < 1.29 is 18.8 Å². The quantitative estimate of drug-likeness (QED) is 0.465. The van der Waals surface area contributed by atoms with Crippen molar-refractivity contribution in [3.63, 3.8) is 0 Å². The van der Waals surface area contributed by atoms with E-state index >= 15 is 0 Å². The topological polar surface area (TPSA) is 72.3 Å². The molecule has 2 aromatic heterocycles. The van der Waals surface area contributed by atoms with Crippen molar-refractivity contribution in [3.05, 3.63) is 64.3 Å². The fourth-order valence-electron chi connectivity index (χ4n) is 5.20. The van der Waals surface area contributed by atoms with Gasteiger partial charge in [0, 0.05) is 35.3 Å². The van der Waals surface area contributed by atoms with E-state index in [1.54, 1.807) is 34.0 Å². The number of carbonyl (C=O) groups is 3. The van der Waals surface area contributed by atoms with Crippen molar-refractivity contribution >= 4 is 40.0 Å². The lowest BCUT2D eigenvalue weighted by molar-refractivity contribution is -0.139. The zero-order chi connectivity index (χ0) is 24.1. The Morgan fingerprint density at radius 2 is 2.03 bits per heavy atom. The molecule has 176 valence electrons. The summed E-state index contributed by atoms with van der Waals surface area (Å²) in [5, 5.41) is 0.812. The summed E-state index contributed by atoms with van der Waals surface area (Å²) in [6.07, 6.45) is 5.33. The number of aromatic nitrogens is 2. The van der Waals surface area contributed by atoms with Crippen LogP contribution in [0.3, 0.4) is 0 Å². The van der Waals surface area contributed by atoms with E-state index in [2.05, 4.69) is 4.98 Å².